The number of hydrogen-bond donors (Lipinski definition) is 2. The van der Waals surface area contributed by atoms with Crippen LogP contribution >= 0.6 is 39.5 Å². The van der Waals surface area contributed by atoms with E-state index in [0.717, 1.165) is 5.56 Å². The van der Waals surface area contributed by atoms with Gasteiger partial charge in [-0.1, -0.05) is 13.8 Å². The van der Waals surface area contributed by atoms with Crippen LogP contribution in [-0.4, -0.2) is 17.1 Å². The van der Waals surface area contributed by atoms with Crippen LogP contribution in [0.25, 0.3) is 0 Å². The molecule has 136 valence electrons. The zero-order valence-corrected chi connectivity index (χ0v) is 18.1. The maximum Gasteiger partial charge on any atom is 0.332 e. The molecule has 0 heterocycles. The first-order valence-electron chi connectivity index (χ1n) is 7.49. The highest BCUT2D eigenvalue weighted by Crippen LogP contribution is 2.47. The molecule has 25 heavy (non-hydrogen) atoms. The molecule has 2 aromatic carbocycles. The van der Waals surface area contributed by atoms with Crippen molar-refractivity contribution < 1.29 is 23.8 Å². The van der Waals surface area contributed by atoms with Gasteiger partial charge in [0.05, 0.1) is 15.1 Å². The van der Waals surface area contributed by atoms with Crippen molar-refractivity contribution in [3.63, 3.8) is 0 Å². The van der Waals surface area contributed by atoms with Gasteiger partial charge in [0.2, 0.25) is 0 Å². The van der Waals surface area contributed by atoms with E-state index in [4.69, 9.17) is 4.74 Å². The number of halogens is 2. The molecule has 1 atom stereocenters. The number of hydrogen-bond acceptors (Lipinski definition) is 4. The van der Waals surface area contributed by atoms with Crippen LogP contribution in [0.2, 0.25) is 0 Å². The summed E-state index contributed by atoms with van der Waals surface area (Å²) in [6.45, 7) is 3.98. The lowest BCUT2D eigenvalue weighted by atomic mass is 10.0. The second-order valence-corrected chi connectivity index (χ2v) is 9.51. The first-order valence-corrected chi connectivity index (χ1v) is 10.8. The second kappa shape index (κ2) is 8.23. The first-order chi connectivity index (χ1) is 11.6. The van der Waals surface area contributed by atoms with Gasteiger partial charge in [0.15, 0.2) is 5.75 Å². The highest BCUT2D eigenvalue weighted by atomic mass is 79.9. The maximum absolute atomic E-state index is 11.7. The van der Waals surface area contributed by atoms with Crippen LogP contribution in [0.5, 0.6) is 17.2 Å². The first kappa shape index (κ1) is 20.5. The fraction of sp³-hybridized carbons (Fsp3) is 0.294. The van der Waals surface area contributed by atoms with Gasteiger partial charge < -0.3 is 19.3 Å². The second-order valence-electron chi connectivity index (χ2n) is 5.84. The minimum Gasteiger partial charge on any atom is -0.508 e. The Balaban J connectivity index is 2.32. The molecule has 0 saturated carbocycles. The van der Waals surface area contributed by atoms with E-state index in [0.29, 0.717) is 26.0 Å². The van der Waals surface area contributed by atoms with Gasteiger partial charge in [-0.2, -0.15) is 0 Å². The van der Waals surface area contributed by atoms with Crippen molar-refractivity contribution in [2.24, 2.45) is 0 Å². The molecule has 0 bridgehead atoms. The van der Waals surface area contributed by atoms with Gasteiger partial charge in [0.1, 0.15) is 11.5 Å². The Morgan fingerprint density at radius 3 is 2.28 bits per heavy atom. The van der Waals surface area contributed by atoms with Gasteiger partial charge in [-0.25, -0.2) is 0 Å². The predicted molar refractivity (Wildman–Crippen MR) is 105 cm³/mol. The Hall–Kier alpha value is -0.850. The van der Waals surface area contributed by atoms with Gasteiger partial charge in [0, 0.05) is 12.7 Å². The molecule has 0 spiro atoms. The SMILES string of the molecule is COP(=O)(O)Cc1cc(Br)c(Oc2ccc(O)c(C(C)C)c2)c(Br)c1. The minimum absolute atomic E-state index is 0.0995. The van der Waals surface area contributed by atoms with E-state index in [9.17, 15) is 14.6 Å². The number of benzene rings is 2. The Labute approximate surface area is 163 Å². The van der Waals surface area contributed by atoms with Crippen LogP contribution in [-0.2, 0) is 15.3 Å². The van der Waals surface area contributed by atoms with Crippen LogP contribution in [0.3, 0.4) is 0 Å². The Bertz CT molecular complexity index is 800. The smallest absolute Gasteiger partial charge is 0.332 e. The molecule has 0 aromatic heterocycles. The lowest BCUT2D eigenvalue weighted by Gasteiger charge is -2.15. The lowest BCUT2D eigenvalue weighted by molar-refractivity contribution is 0.314. The molecule has 1 unspecified atom stereocenters. The standard InChI is InChI=1S/C17H19Br2O5P/c1-10(2)13-8-12(4-5-16(13)20)24-17-14(18)6-11(7-15(17)19)9-25(21,22)23-3/h4-8,10,20H,9H2,1-3H3,(H,21,22). The van der Waals surface area contributed by atoms with Crippen molar-refractivity contribution in [3.8, 4) is 17.2 Å². The Morgan fingerprint density at radius 1 is 1.16 bits per heavy atom. The van der Waals surface area contributed by atoms with Crippen molar-refractivity contribution in [2.45, 2.75) is 25.9 Å². The lowest BCUT2D eigenvalue weighted by Crippen LogP contribution is -1.94. The number of aromatic hydroxyl groups is 1. The van der Waals surface area contributed by atoms with E-state index >= 15 is 0 Å². The Morgan fingerprint density at radius 2 is 1.76 bits per heavy atom. The number of ether oxygens (including phenoxy) is 1. The molecule has 2 aromatic rings. The average molecular weight is 494 g/mol. The molecule has 0 aliphatic carbocycles. The fourth-order valence-electron chi connectivity index (χ4n) is 2.27. The van der Waals surface area contributed by atoms with Gasteiger partial charge in [-0.05, 0) is 73.7 Å². The molecule has 2 N–H and O–H groups in total. The van der Waals surface area contributed by atoms with E-state index in [1.807, 2.05) is 13.8 Å². The van der Waals surface area contributed by atoms with Crippen LogP contribution in [0.4, 0.5) is 0 Å². The highest BCUT2D eigenvalue weighted by molar-refractivity contribution is 9.11. The molecule has 0 radical (unpaired) electrons. The summed E-state index contributed by atoms with van der Waals surface area (Å²) >= 11 is 6.86. The zero-order valence-electron chi connectivity index (χ0n) is 14.0. The summed E-state index contributed by atoms with van der Waals surface area (Å²) in [6.07, 6.45) is -0.0995. The van der Waals surface area contributed by atoms with E-state index in [-0.39, 0.29) is 17.8 Å². The normalized spacial score (nSPS) is 13.7. The van der Waals surface area contributed by atoms with E-state index in [1.165, 1.54) is 7.11 Å². The summed E-state index contributed by atoms with van der Waals surface area (Å²) in [6, 6.07) is 8.50. The summed E-state index contributed by atoms with van der Waals surface area (Å²) in [5, 5.41) is 9.91. The molecule has 0 fully saturated rings. The van der Waals surface area contributed by atoms with Crippen LogP contribution in [0.1, 0.15) is 30.9 Å². The topological polar surface area (TPSA) is 76.0 Å². The summed E-state index contributed by atoms with van der Waals surface area (Å²) in [7, 11) is -2.44. The molecule has 0 aliphatic rings. The average Bonchev–Trinajstić information content (AvgIpc) is 2.51. The van der Waals surface area contributed by atoms with Gasteiger partial charge in [0.25, 0.3) is 0 Å². The molecule has 8 heteroatoms. The van der Waals surface area contributed by atoms with Crippen molar-refractivity contribution in [2.75, 3.05) is 7.11 Å². The van der Waals surface area contributed by atoms with Crippen LogP contribution in [0.15, 0.2) is 39.3 Å². The summed E-state index contributed by atoms with van der Waals surface area (Å²) < 4.78 is 23.5. The van der Waals surface area contributed by atoms with Crippen molar-refractivity contribution in [3.05, 3.63) is 50.4 Å². The molecule has 5 nitrogen and oxygen atoms in total. The van der Waals surface area contributed by atoms with Gasteiger partial charge in [-0.15, -0.1) is 0 Å². The number of rotatable bonds is 6. The molecule has 0 saturated heterocycles. The molecule has 2 rings (SSSR count). The maximum atomic E-state index is 11.7. The quantitative estimate of drug-likeness (QED) is 0.471. The van der Waals surface area contributed by atoms with E-state index in [1.54, 1.807) is 30.3 Å². The van der Waals surface area contributed by atoms with Crippen LogP contribution in [0, 0.1) is 0 Å². The summed E-state index contributed by atoms with van der Waals surface area (Å²) in [5.41, 5.74) is 1.43. The van der Waals surface area contributed by atoms with Crippen molar-refractivity contribution in [1.29, 1.82) is 0 Å². The highest BCUT2D eigenvalue weighted by Gasteiger charge is 2.20. The van der Waals surface area contributed by atoms with E-state index < -0.39 is 7.60 Å². The van der Waals surface area contributed by atoms with E-state index in [2.05, 4.69) is 36.4 Å². The number of phenols is 1. The molecular formula is C17H19Br2O5P. The van der Waals surface area contributed by atoms with Gasteiger partial charge >= 0.3 is 7.60 Å². The van der Waals surface area contributed by atoms with Crippen molar-refractivity contribution in [1.82, 2.24) is 0 Å². The third kappa shape index (κ3) is 5.31. The summed E-state index contributed by atoms with van der Waals surface area (Å²) in [4.78, 5) is 9.62. The minimum atomic E-state index is -3.65. The zero-order chi connectivity index (χ0) is 18.8. The molecular weight excluding hydrogens is 475 g/mol. The van der Waals surface area contributed by atoms with Crippen LogP contribution < -0.4 is 4.74 Å². The predicted octanol–water partition coefficient (Wildman–Crippen LogP) is 6.16. The summed E-state index contributed by atoms with van der Waals surface area (Å²) in [5.74, 6) is 1.51. The van der Waals surface area contributed by atoms with Gasteiger partial charge in [-0.3, -0.25) is 4.57 Å². The third-order valence-electron chi connectivity index (χ3n) is 3.57. The third-order valence-corrected chi connectivity index (χ3v) is 6.08. The fourth-order valence-corrected chi connectivity index (χ4v) is 4.49. The molecule has 0 amide bonds. The number of phenolic OH excluding ortho intramolecular Hbond substituents is 1. The Kier molecular flexibility index (Phi) is 6.74. The molecule has 0 aliphatic heterocycles. The van der Waals surface area contributed by atoms with Crippen molar-refractivity contribution >= 4 is 39.5 Å². The largest absolute Gasteiger partial charge is 0.508 e. The monoisotopic (exact) mass is 492 g/mol.